The number of nitrogens with zero attached hydrogens (tertiary/aromatic N) is 1. The lowest BCUT2D eigenvalue weighted by molar-refractivity contribution is -0.122. The fourth-order valence-corrected chi connectivity index (χ4v) is 3.54. The molecular weight excluding hydrogens is 364 g/mol. The molecule has 5 nitrogen and oxygen atoms in total. The van der Waals surface area contributed by atoms with E-state index in [1.54, 1.807) is 0 Å². The molecule has 1 aliphatic heterocycles. The second kappa shape index (κ2) is 10.9. The Kier molecular flexibility index (Phi) is 7.94. The first-order valence-electron chi connectivity index (χ1n) is 10.6. The molecular formula is C24H32N2O3. The van der Waals surface area contributed by atoms with Crippen molar-refractivity contribution in [2.75, 3.05) is 26.3 Å². The minimum Gasteiger partial charge on any atom is -0.490 e. The van der Waals surface area contributed by atoms with Crippen molar-refractivity contribution >= 4 is 5.91 Å². The van der Waals surface area contributed by atoms with Gasteiger partial charge in [-0.2, -0.15) is 0 Å². The van der Waals surface area contributed by atoms with Crippen LogP contribution in [0.4, 0.5) is 0 Å². The lowest BCUT2D eigenvalue weighted by Gasteiger charge is -2.24. The second-order valence-corrected chi connectivity index (χ2v) is 7.57. The first-order chi connectivity index (χ1) is 14.2. The lowest BCUT2D eigenvalue weighted by Crippen LogP contribution is -2.37. The van der Waals surface area contributed by atoms with Crippen molar-refractivity contribution in [1.82, 2.24) is 10.2 Å². The van der Waals surface area contributed by atoms with Crippen molar-refractivity contribution in [3.05, 3.63) is 59.2 Å². The van der Waals surface area contributed by atoms with Crippen LogP contribution in [-0.2, 0) is 17.9 Å². The van der Waals surface area contributed by atoms with Crippen LogP contribution in [0.1, 0.15) is 42.9 Å². The third-order valence-electron chi connectivity index (χ3n) is 5.04. The van der Waals surface area contributed by atoms with Crippen molar-refractivity contribution in [1.29, 1.82) is 0 Å². The Morgan fingerprint density at radius 1 is 1.07 bits per heavy atom. The van der Waals surface area contributed by atoms with Gasteiger partial charge >= 0.3 is 0 Å². The first kappa shape index (κ1) is 21.2. The van der Waals surface area contributed by atoms with E-state index in [1.165, 1.54) is 11.1 Å². The van der Waals surface area contributed by atoms with Crippen molar-refractivity contribution in [2.45, 2.75) is 46.2 Å². The van der Waals surface area contributed by atoms with Gasteiger partial charge in [-0.25, -0.2) is 0 Å². The average Bonchev–Trinajstić information content (AvgIpc) is 2.71. The van der Waals surface area contributed by atoms with Crippen molar-refractivity contribution in [3.8, 4) is 11.5 Å². The summed E-state index contributed by atoms with van der Waals surface area (Å²) in [6.07, 6.45) is 2.95. The van der Waals surface area contributed by atoms with Gasteiger partial charge in [0.05, 0.1) is 19.8 Å². The molecule has 1 N–H and O–H groups in total. The highest BCUT2D eigenvalue weighted by molar-refractivity contribution is 5.78. The van der Waals surface area contributed by atoms with Crippen LogP contribution in [0.5, 0.6) is 11.5 Å². The van der Waals surface area contributed by atoms with Crippen molar-refractivity contribution in [2.24, 2.45) is 0 Å². The van der Waals surface area contributed by atoms with Gasteiger partial charge < -0.3 is 14.8 Å². The van der Waals surface area contributed by atoms with Crippen LogP contribution in [0, 0.1) is 6.92 Å². The largest absolute Gasteiger partial charge is 0.490 e. The highest BCUT2D eigenvalue weighted by Crippen LogP contribution is 2.33. The van der Waals surface area contributed by atoms with E-state index in [0.717, 1.165) is 36.3 Å². The molecule has 0 bridgehead atoms. The highest BCUT2D eigenvalue weighted by atomic mass is 16.5. The summed E-state index contributed by atoms with van der Waals surface area (Å²) in [5.74, 6) is 1.65. The number of para-hydroxylation sites is 1. The molecule has 0 fully saturated rings. The molecule has 0 spiro atoms. The van der Waals surface area contributed by atoms with Gasteiger partial charge in [-0.15, -0.1) is 0 Å². The summed E-state index contributed by atoms with van der Waals surface area (Å²) in [4.78, 5) is 14.7. The standard InChI is InChI=1S/C24H32N2O3/c1-3-28-22-9-7-8-21-17-26(16-20-12-10-19(2)11-13-20)18-23(27)25-14-5-4-6-15-29-24(21)22/h7-13H,3-6,14-18H2,1-2H3,(H,25,27). The minimum atomic E-state index is 0.0692. The molecule has 2 aromatic rings. The summed E-state index contributed by atoms with van der Waals surface area (Å²) >= 11 is 0. The van der Waals surface area contributed by atoms with E-state index in [4.69, 9.17) is 9.47 Å². The van der Waals surface area contributed by atoms with Crippen LogP contribution in [0.2, 0.25) is 0 Å². The Morgan fingerprint density at radius 3 is 2.69 bits per heavy atom. The quantitative estimate of drug-likeness (QED) is 0.846. The number of carbonyl (C=O) groups is 1. The molecule has 3 rings (SSSR count). The fourth-order valence-electron chi connectivity index (χ4n) is 3.54. The van der Waals surface area contributed by atoms with E-state index < -0.39 is 0 Å². The number of hydrogen-bond acceptors (Lipinski definition) is 4. The average molecular weight is 397 g/mol. The Labute approximate surface area is 174 Å². The molecule has 0 saturated carbocycles. The Morgan fingerprint density at radius 2 is 1.90 bits per heavy atom. The summed E-state index contributed by atoms with van der Waals surface area (Å²) < 4.78 is 12.0. The predicted molar refractivity (Wildman–Crippen MR) is 115 cm³/mol. The minimum absolute atomic E-state index is 0.0692. The van der Waals surface area contributed by atoms with Crippen LogP contribution in [-0.4, -0.2) is 37.1 Å². The maximum absolute atomic E-state index is 12.5. The normalized spacial score (nSPS) is 16.4. The van der Waals surface area contributed by atoms with Gasteiger partial charge in [0.2, 0.25) is 5.91 Å². The lowest BCUT2D eigenvalue weighted by atomic mass is 10.1. The third-order valence-corrected chi connectivity index (χ3v) is 5.04. The molecule has 0 radical (unpaired) electrons. The van der Waals surface area contributed by atoms with Crippen LogP contribution in [0.15, 0.2) is 42.5 Å². The molecule has 1 heterocycles. The van der Waals surface area contributed by atoms with Gasteiger partial charge in [-0.3, -0.25) is 9.69 Å². The number of amides is 1. The summed E-state index contributed by atoms with van der Waals surface area (Å²) in [7, 11) is 0. The monoisotopic (exact) mass is 396 g/mol. The number of carbonyl (C=O) groups excluding carboxylic acids is 1. The van der Waals surface area contributed by atoms with E-state index in [9.17, 15) is 4.79 Å². The van der Waals surface area contributed by atoms with Crippen LogP contribution in [0.25, 0.3) is 0 Å². The van der Waals surface area contributed by atoms with Crippen LogP contribution in [0.3, 0.4) is 0 Å². The smallest absolute Gasteiger partial charge is 0.234 e. The fraction of sp³-hybridized carbons (Fsp3) is 0.458. The van der Waals surface area contributed by atoms with Crippen LogP contribution >= 0.6 is 0 Å². The topological polar surface area (TPSA) is 50.8 Å². The van der Waals surface area contributed by atoms with Crippen molar-refractivity contribution in [3.63, 3.8) is 0 Å². The number of ether oxygens (including phenoxy) is 2. The molecule has 156 valence electrons. The molecule has 0 saturated heterocycles. The molecule has 2 aromatic carbocycles. The van der Waals surface area contributed by atoms with E-state index in [1.807, 2.05) is 19.1 Å². The number of benzene rings is 2. The molecule has 1 aliphatic rings. The van der Waals surface area contributed by atoms with Gasteiger partial charge in [0.15, 0.2) is 11.5 Å². The molecule has 5 heteroatoms. The van der Waals surface area contributed by atoms with Gasteiger partial charge in [-0.05, 0) is 44.7 Å². The number of fused-ring (bicyclic) bond motifs is 1. The number of nitrogens with one attached hydrogen (secondary N) is 1. The number of rotatable bonds is 4. The maximum atomic E-state index is 12.5. The van der Waals surface area contributed by atoms with Gasteiger partial charge in [-0.1, -0.05) is 42.0 Å². The predicted octanol–water partition coefficient (Wildman–Crippen LogP) is 4.07. The van der Waals surface area contributed by atoms with Crippen LogP contribution < -0.4 is 14.8 Å². The van der Waals surface area contributed by atoms with Gasteiger partial charge in [0.25, 0.3) is 0 Å². The molecule has 1 amide bonds. The van der Waals surface area contributed by atoms with E-state index in [2.05, 4.69) is 47.5 Å². The molecule has 0 aliphatic carbocycles. The highest BCUT2D eigenvalue weighted by Gasteiger charge is 2.18. The summed E-state index contributed by atoms with van der Waals surface area (Å²) in [5.41, 5.74) is 3.47. The molecule has 0 atom stereocenters. The Balaban J connectivity index is 1.87. The zero-order valence-corrected chi connectivity index (χ0v) is 17.6. The molecule has 0 aromatic heterocycles. The third kappa shape index (κ3) is 6.50. The number of aryl methyl sites for hydroxylation is 1. The van der Waals surface area contributed by atoms with Gasteiger partial charge in [0.1, 0.15) is 0 Å². The SMILES string of the molecule is CCOc1cccc2c1OCCCCCNC(=O)CN(Cc1ccc(C)cc1)C2. The van der Waals surface area contributed by atoms with Crippen molar-refractivity contribution < 1.29 is 14.3 Å². The zero-order valence-electron chi connectivity index (χ0n) is 17.6. The Hall–Kier alpha value is -2.53. The maximum Gasteiger partial charge on any atom is 0.234 e. The Bertz CT molecular complexity index is 789. The molecule has 0 unspecified atom stereocenters. The van der Waals surface area contributed by atoms with E-state index in [-0.39, 0.29) is 5.91 Å². The molecule has 29 heavy (non-hydrogen) atoms. The zero-order chi connectivity index (χ0) is 20.5. The first-order valence-corrected chi connectivity index (χ1v) is 10.6. The van der Waals surface area contributed by atoms with E-state index >= 15 is 0 Å². The summed E-state index contributed by atoms with van der Waals surface area (Å²) in [6, 6.07) is 14.5. The number of hydrogen-bond donors (Lipinski definition) is 1. The second-order valence-electron chi connectivity index (χ2n) is 7.57. The summed E-state index contributed by atoms with van der Waals surface area (Å²) in [5, 5.41) is 3.06. The van der Waals surface area contributed by atoms with Gasteiger partial charge in [0, 0.05) is 25.2 Å². The van der Waals surface area contributed by atoms with E-state index in [0.29, 0.717) is 39.4 Å². The summed E-state index contributed by atoms with van der Waals surface area (Å²) in [6.45, 7) is 7.70.